The molecule has 0 atom stereocenters. The van der Waals surface area contributed by atoms with Gasteiger partial charge in [-0.05, 0) is 19.1 Å². The molecule has 1 aliphatic rings. The number of allylic oxidation sites excluding steroid dienone is 1. The Bertz CT molecular complexity index is 439. The van der Waals surface area contributed by atoms with Gasteiger partial charge in [0, 0.05) is 23.9 Å². The van der Waals surface area contributed by atoms with Gasteiger partial charge in [0.1, 0.15) is 0 Å². The van der Waals surface area contributed by atoms with E-state index in [1.165, 1.54) is 10.6 Å². The molecule has 1 aliphatic heterocycles. The molecule has 1 heterocycles. The number of ketones is 1. The Kier molecular flexibility index (Phi) is 3.34. The van der Waals surface area contributed by atoms with E-state index >= 15 is 0 Å². The first-order valence-electron chi connectivity index (χ1n) is 5.55. The second-order valence-electron chi connectivity index (χ2n) is 3.62. The van der Waals surface area contributed by atoms with Crippen LogP contribution < -0.4 is 4.90 Å². The average Bonchev–Trinajstić information content (AvgIpc) is 2.65. The van der Waals surface area contributed by atoms with Crippen molar-refractivity contribution in [3.05, 3.63) is 35.4 Å². The van der Waals surface area contributed by atoms with Crippen LogP contribution in [0.3, 0.4) is 0 Å². The minimum atomic E-state index is 0.189. The van der Waals surface area contributed by atoms with Crippen LogP contribution in [0.4, 0.5) is 5.69 Å². The molecule has 0 saturated carbocycles. The summed E-state index contributed by atoms with van der Waals surface area (Å²) in [7, 11) is 0. The van der Waals surface area contributed by atoms with Gasteiger partial charge in [0.15, 0.2) is 5.78 Å². The van der Waals surface area contributed by atoms with Crippen LogP contribution >= 0.6 is 11.8 Å². The van der Waals surface area contributed by atoms with Crippen LogP contribution in [0.2, 0.25) is 0 Å². The molecule has 0 spiro atoms. The highest BCUT2D eigenvalue weighted by Gasteiger charge is 2.23. The number of anilines is 1. The topological polar surface area (TPSA) is 20.3 Å². The quantitative estimate of drug-likeness (QED) is 0.746. The van der Waals surface area contributed by atoms with Gasteiger partial charge in [-0.15, -0.1) is 0 Å². The Morgan fingerprint density at radius 1 is 1.38 bits per heavy atom. The third-order valence-electron chi connectivity index (χ3n) is 2.59. The SMILES string of the molecule is CCC(=O)/C=C1\Sc2ccccc2N1CC. The summed E-state index contributed by atoms with van der Waals surface area (Å²) in [4.78, 5) is 14.9. The van der Waals surface area contributed by atoms with E-state index < -0.39 is 0 Å². The number of hydrogen-bond acceptors (Lipinski definition) is 3. The van der Waals surface area contributed by atoms with Crippen molar-refractivity contribution in [1.82, 2.24) is 0 Å². The van der Waals surface area contributed by atoms with Crippen LogP contribution in [-0.2, 0) is 4.79 Å². The monoisotopic (exact) mass is 233 g/mol. The number of fused-ring (bicyclic) bond motifs is 1. The number of hydrogen-bond donors (Lipinski definition) is 0. The maximum atomic E-state index is 11.5. The van der Waals surface area contributed by atoms with Crippen LogP contribution in [0.1, 0.15) is 20.3 Å². The fourth-order valence-corrected chi connectivity index (χ4v) is 2.91. The van der Waals surface area contributed by atoms with E-state index in [9.17, 15) is 4.79 Å². The lowest BCUT2D eigenvalue weighted by atomic mass is 10.2. The van der Waals surface area contributed by atoms with Crippen molar-refractivity contribution in [2.75, 3.05) is 11.4 Å². The van der Waals surface area contributed by atoms with Gasteiger partial charge in [0.25, 0.3) is 0 Å². The smallest absolute Gasteiger partial charge is 0.158 e. The molecule has 0 unspecified atom stereocenters. The number of carbonyl (C=O) groups excluding carboxylic acids is 1. The summed E-state index contributed by atoms with van der Waals surface area (Å²) in [6, 6.07) is 8.26. The zero-order chi connectivity index (χ0) is 11.5. The zero-order valence-electron chi connectivity index (χ0n) is 9.56. The maximum Gasteiger partial charge on any atom is 0.158 e. The molecule has 2 nitrogen and oxygen atoms in total. The third kappa shape index (κ3) is 2.00. The lowest BCUT2D eigenvalue weighted by Gasteiger charge is -2.17. The number of benzene rings is 1. The Labute approximate surface area is 100 Å². The normalized spacial score (nSPS) is 16.6. The van der Waals surface area contributed by atoms with E-state index in [1.807, 2.05) is 19.1 Å². The average molecular weight is 233 g/mol. The molecule has 0 N–H and O–H groups in total. The number of nitrogens with zero attached hydrogens (tertiary/aromatic N) is 1. The number of thioether (sulfide) groups is 1. The summed E-state index contributed by atoms with van der Waals surface area (Å²) in [6.07, 6.45) is 2.33. The molecule has 0 saturated heterocycles. The summed E-state index contributed by atoms with van der Waals surface area (Å²) in [5, 5.41) is 1.05. The number of carbonyl (C=O) groups is 1. The Balaban J connectivity index is 2.34. The predicted octanol–water partition coefficient (Wildman–Crippen LogP) is 3.44. The van der Waals surface area contributed by atoms with Crippen LogP contribution in [0.5, 0.6) is 0 Å². The Morgan fingerprint density at radius 3 is 2.81 bits per heavy atom. The molecule has 0 amide bonds. The van der Waals surface area contributed by atoms with Gasteiger partial charge in [-0.2, -0.15) is 0 Å². The van der Waals surface area contributed by atoms with E-state index in [0.29, 0.717) is 6.42 Å². The highest BCUT2D eigenvalue weighted by atomic mass is 32.2. The predicted molar refractivity (Wildman–Crippen MR) is 68.7 cm³/mol. The molecule has 0 aromatic heterocycles. The van der Waals surface area contributed by atoms with E-state index in [0.717, 1.165) is 11.6 Å². The van der Waals surface area contributed by atoms with Crippen LogP contribution in [0, 0.1) is 0 Å². The molecule has 0 aliphatic carbocycles. The first-order chi connectivity index (χ1) is 7.76. The van der Waals surface area contributed by atoms with Gasteiger partial charge in [-0.1, -0.05) is 30.8 Å². The first kappa shape index (κ1) is 11.3. The molecular formula is C13H15NOS. The summed E-state index contributed by atoms with van der Waals surface area (Å²) in [5.74, 6) is 0.189. The number of rotatable bonds is 3. The molecule has 1 aromatic rings. The van der Waals surface area contributed by atoms with Crippen molar-refractivity contribution in [3.63, 3.8) is 0 Å². The molecule has 84 valence electrons. The molecule has 3 heteroatoms. The van der Waals surface area contributed by atoms with Gasteiger partial charge < -0.3 is 4.90 Å². The van der Waals surface area contributed by atoms with Crippen LogP contribution in [0.15, 0.2) is 40.3 Å². The number of para-hydroxylation sites is 1. The van der Waals surface area contributed by atoms with Crippen molar-refractivity contribution in [2.45, 2.75) is 25.2 Å². The fraction of sp³-hybridized carbons (Fsp3) is 0.308. The molecular weight excluding hydrogens is 218 g/mol. The molecule has 2 rings (SSSR count). The van der Waals surface area contributed by atoms with Crippen molar-refractivity contribution in [2.24, 2.45) is 0 Å². The summed E-state index contributed by atoms with van der Waals surface area (Å²) < 4.78 is 0. The lowest BCUT2D eigenvalue weighted by molar-refractivity contribution is -0.114. The third-order valence-corrected chi connectivity index (χ3v) is 3.70. The largest absolute Gasteiger partial charge is 0.335 e. The van der Waals surface area contributed by atoms with E-state index in [4.69, 9.17) is 0 Å². The minimum absolute atomic E-state index is 0.189. The molecule has 0 bridgehead atoms. The highest BCUT2D eigenvalue weighted by Crippen LogP contribution is 2.45. The molecule has 1 aromatic carbocycles. The van der Waals surface area contributed by atoms with Gasteiger partial charge in [-0.25, -0.2) is 0 Å². The summed E-state index contributed by atoms with van der Waals surface area (Å²) in [6.45, 7) is 4.89. The molecule has 16 heavy (non-hydrogen) atoms. The van der Waals surface area contributed by atoms with E-state index in [1.54, 1.807) is 17.8 Å². The van der Waals surface area contributed by atoms with Gasteiger partial charge in [-0.3, -0.25) is 4.79 Å². The van der Waals surface area contributed by atoms with Crippen molar-refractivity contribution in [3.8, 4) is 0 Å². The Morgan fingerprint density at radius 2 is 2.12 bits per heavy atom. The van der Waals surface area contributed by atoms with Gasteiger partial charge >= 0.3 is 0 Å². The van der Waals surface area contributed by atoms with E-state index in [-0.39, 0.29) is 5.78 Å². The van der Waals surface area contributed by atoms with Crippen molar-refractivity contribution >= 4 is 23.2 Å². The lowest BCUT2D eigenvalue weighted by Crippen LogP contribution is -2.17. The second kappa shape index (κ2) is 4.74. The second-order valence-corrected chi connectivity index (χ2v) is 4.68. The highest BCUT2D eigenvalue weighted by molar-refractivity contribution is 8.03. The zero-order valence-corrected chi connectivity index (χ0v) is 10.4. The van der Waals surface area contributed by atoms with Gasteiger partial charge in [0.2, 0.25) is 0 Å². The first-order valence-corrected chi connectivity index (χ1v) is 6.36. The molecule has 0 radical (unpaired) electrons. The van der Waals surface area contributed by atoms with Gasteiger partial charge in [0.05, 0.1) is 10.7 Å². The standard InChI is InChI=1S/C13H15NOS/c1-3-10(15)9-13-14(4-2)11-7-5-6-8-12(11)16-13/h5-9H,3-4H2,1-2H3/b13-9-. The minimum Gasteiger partial charge on any atom is -0.335 e. The van der Waals surface area contributed by atoms with Crippen LogP contribution in [0.25, 0.3) is 0 Å². The Hall–Kier alpha value is -1.22. The molecule has 0 fully saturated rings. The fourth-order valence-electron chi connectivity index (χ4n) is 1.73. The maximum absolute atomic E-state index is 11.5. The van der Waals surface area contributed by atoms with Crippen LogP contribution in [-0.4, -0.2) is 12.3 Å². The van der Waals surface area contributed by atoms with E-state index in [2.05, 4.69) is 24.0 Å². The van der Waals surface area contributed by atoms with Crippen molar-refractivity contribution in [1.29, 1.82) is 0 Å². The summed E-state index contributed by atoms with van der Waals surface area (Å²) >= 11 is 1.68. The summed E-state index contributed by atoms with van der Waals surface area (Å²) in [5.41, 5.74) is 1.21. The van der Waals surface area contributed by atoms with Crippen molar-refractivity contribution < 1.29 is 4.79 Å².